The standard InChI is InChI=1S/C15H15ClN2O4S/c1-22-12-4-7-14(10(8-12)9-15(17)19)18-23(20,21)13-5-2-11(16)3-6-13/h2-8,18H,9H2,1H3,(H2,17,19). The molecule has 0 bridgehead atoms. The first-order chi connectivity index (χ1) is 10.8. The predicted octanol–water partition coefficient (Wildman–Crippen LogP) is 2.18. The predicted molar refractivity (Wildman–Crippen MR) is 88.2 cm³/mol. The van der Waals surface area contributed by atoms with Gasteiger partial charge >= 0.3 is 0 Å². The lowest BCUT2D eigenvalue weighted by atomic mass is 10.1. The van der Waals surface area contributed by atoms with Crippen molar-refractivity contribution in [3.05, 3.63) is 53.1 Å². The molecule has 6 nitrogen and oxygen atoms in total. The van der Waals surface area contributed by atoms with Gasteiger partial charge in [0.05, 0.1) is 24.1 Å². The fourth-order valence-corrected chi connectivity index (χ4v) is 3.17. The van der Waals surface area contributed by atoms with Gasteiger partial charge in [0.25, 0.3) is 10.0 Å². The van der Waals surface area contributed by atoms with E-state index in [1.807, 2.05) is 0 Å². The lowest BCUT2D eigenvalue weighted by molar-refractivity contribution is -0.117. The normalized spacial score (nSPS) is 11.0. The van der Waals surface area contributed by atoms with Crippen molar-refractivity contribution in [1.82, 2.24) is 0 Å². The Morgan fingerprint density at radius 1 is 1.22 bits per heavy atom. The zero-order chi connectivity index (χ0) is 17.0. The summed E-state index contributed by atoms with van der Waals surface area (Å²) in [6.45, 7) is 0. The second kappa shape index (κ2) is 6.89. The van der Waals surface area contributed by atoms with E-state index in [1.54, 1.807) is 12.1 Å². The van der Waals surface area contributed by atoms with E-state index in [9.17, 15) is 13.2 Å². The molecule has 0 heterocycles. The molecule has 0 spiro atoms. The Labute approximate surface area is 139 Å². The summed E-state index contributed by atoms with van der Waals surface area (Å²) < 4.78 is 32.3. The van der Waals surface area contributed by atoms with Crippen LogP contribution < -0.4 is 15.2 Å². The highest BCUT2D eigenvalue weighted by Gasteiger charge is 2.17. The van der Waals surface area contributed by atoms with E-state index in [4.69, 9.17) is 22.1 Å². The van der Waals surface area contributed by atoms with Crippen molar-refractivity contribution in [2.45, 2.75) is 11.3 Å². The molecule has 1 amide bonds. The summed E-state index contributed by atoms with van der Waals surface area (Å²) in [5.41, 5.74) is 5.89. The second-order valence-corrected chi connectivity index (χ2v) is 6.84. The van der Waals surface area contributed by atoms with Crippen LogP contribution in [0, 0.1) is 0 Å². The average Bonchev–Trinajstić information content (AvgIpc) is 2.48. The number of anilines is 1. The van der Waals surface area contributed by atoms with Gasteiger partial charge in [-0.1, -0.05) is 11.6 Å². The zero-order valence-corrected chi connectivity index (χ0v) is 13.8. The average molecular weight is 355 g/mol. The van der Waals surface area contributed by atoms with Gasteiger partial charge in [0.15, 0.2) is 0 Å². The van der Waals surface area contributed by atoms with E-state index in [2.05, 4.69) is 4.72 Å². The van der Waals surface area contributed by atoms with Gasteiger partial charge in [0, 0.05) is 5.02 Å². The van der Waals surface area contributed by atoms with Gasteiger partial charge < -0.3 is 10.5 Å². The zero-order valence-electron chi connectivity index (χ0n) is 12.2. The minimum Gasteiger partial charge on any atom is -0.497 e. The fraction of sp³-hybridized carbons (Fsp3) is 0.133. The van der Waals surface area contributed by atoms with Gasteiger partial charge in [-0.2, -0.15) is 0 Å². The molecular weight excluding hydrogens is 340 g/mol. The summed E-state index contributed by atoms with van der Waals surface area (Å²) >= 11 is 5.76. The Balaban J connectivity index is 2.38. The number of ether oxygens (including phenoxy) is 1. The molecule has 0 aromatic heterocycles. The molecule has 2 rings (SSSR count). The number of nitrogens with two attached hydrogens (primary N) is 1. The van der Waals surface area contributed by atoms with Crippen LogP contribution in [0.2, 0.25) is 5.02 Å². The van der Waals surface area contributed by atoms with Gasteiger partial charge in [-0.3, -0.25) is 9.52 Å². The number of halogens is 1. The molecule has 0 unspecified atom stereocenters. The largest absolute Gasteiger partial charge is 0.497 e. The first-order valence-corrected chi connectivity index (χ1v) is 8.41. The van der Waals surface area contributed by atoms with E-state index in [1.165, 1.54) is 37.4 Å². The summed E-state index contributed by atoms with van der Waals surface area (Å²) in [7, 11) is -2.34. The molecule has 122 valence electrons. The van der Waals surface area contributed by atoms with Gasteiger partial charge in [0.1, 0.15) is 5.75 Å². The van der Waals surface area contributed by atoms with Gasteiger partial charge in [0.2, 0.25) is 5.91 Å². The summed E-state index contributed by atoms with van der Waals surface area (Å²) in [4.78, 5) is 11.2. The van der Waals surface area contributed by atoms with Crippen LogP contribution in [-0.4, -0.2) is 21.4 Å². The molecule has 23 heavy (non-hydrogen) atoms. The molecule has 8 heteroatoms. The molecule has 0 saturated carbocycles. The van der Waals surface area contributed by atoms with E-state index < -0.39 is 15.9 Å². The van der Waals surface area contributed by atoms with Crippen LogP contribution in [-0.2, 0) is 21.2 Å². The van der Waals surface area contributed by atoms with Crippen LogP contribution in [0.25, 0.3) is 0 Å². The second-order valence-electron chi connectivity index (χ2n) is 4.73. The minimum atomic E-state index is -3.81. The van der Waals surface area contributed by atoms with Crippen molar-refractivity contribution in [3.8, 4) is 5.75 Å². The molecule has 0 fully saturated rings. The summed E-state index contributed by atoms with van der Waals surface area (Å²) in [6.07, 6.45) is -0.115. The summed E-state index contributed by atoms with van der Waals surface area (Å²) in [5.74, 6) is -0.0825. The number of carbonyl (C=O) groups excluding carboxylic acids is 1. The Morgan fingerprint density at radius 2 is 1.87 bits per heavy atom. The molecule has 0 atom stereocenters. The molecule has 2 aromatic rings. The van der Waals surface area contributed by atoms with Crippen LogP contribution >= 0.6 is 11.6 Å². The number of nitrogens with one attached hydrogen (secondary N) is 1. The number of carbonyl (C=O) groups is 1. The van der Waals surface area contributed by atoms with Crippen molar-refractivity contribution in [2.75, 3.05) is 11.8 Å². The highest BCUT2D eigenvalue weighted by Crippen LogP contribution is 2.25. The van der Waals surface area contributed by atoms with E-state index in [0.717, 1.165) is 0 Å². The van der Waals surface area contributed by atoms with Gasteiger partial charge in [-0.25, -0.2) is 8.42 Å². The van der Waals surface area contributed by atoms with Crippen LogP contribution in [0.3, 0.4) is 0 Å². The number of amides is 1. The lowest BCUT2D eigenvalue weighted by Gasteiger charge is -2.13. The highest BCUT2D eigenvalue weighted by atomic mass is 35.5. The fourth-order valence-electron chi connectivity index (χ4n) is 1.95. The maximum Gasteiger partial charge on any atom is 0.261 e. The van der Waals surface area contributed by atoms with Crippen LogP contribution in [0.15, 0.2) is 47.4 Å². The molecule has 2 aromatic carbocycles. The maximum atomic E-state index is 12.4. The monoisotopic (exact) mass is 354 g/mol. The number of primary amides is 1. The lowest BCUT2D eigenvalue weighted by Crippen LogP contribution is -2.18. The van der Waals surface area contributed by atoms with Crippen LogP contribution in [0.1, 0.15) is 5.56 Å². The van der Waals surface area contributed by atoms with Crippen molar-refractivity contribution in [3.63, 3.8) is 0 Å². The minimum absolute atomic E-state index is 0.0581. The number of sulfonamides is 1. The number of rotatable bonds is 6. The quantitative estimate of drug-likeness (QED) is 0.830. The van der Waals surface area contributed by atoms with Gasteiger partial charge in [-0.05, 0) is 48.0 Å². The SMILES string of the molecule is COc1ccc(NS(=O)(=O)c2ccc(Cl)cc2)c(CC(N)=O)c1. The highest BCUT2D eigenvalue weighted by molar-refractivity contribution is 7.92. The summed E-state index contributed by atoms with van der Waals surface area (Å²) in [5, 5.41) is 0.433. The Morgan fingerprint density at radius 3 is 2.43 bits per heavy atom. The number of hydrogen-bond acceptors (Lipinski definition) is 4. The molecule has 0 aliphatic carbocycles. The van der Waals surface area contributed by atoms with Crippen LogP contribution in [0.4, 0.5) is 5.69 Å². The van der Waals surface area contributed by atoms with E-state index in [-0.39, 0.29) is 17.0 Å². The van der Waals surface area contributed by atoms with E-state index in [0.29, 0.717) is 16.3 Å². The van der Waals surface area contributed by atoms with Crippen LogP contribution in [0.5, 0.6) is 5.75 Å². The molecular formula is C15H15ClN2O4S. The third kappa shape index (κ3) is 4.37. The molecule has 3 N–H and O–H groups in total. The van der Waals surface area contributed by atoms with E-state index >= 15 is 0 Å². The molecule has 0 saturated heterocycles. The van der Waals surface area contributed by atoms with Crippen molar-refractivity contribution in [1.29, 1.82) is 0 Å². The van der Waals surface area contributed by atoms with Crippen molar-refractivity contribution in [2.24, 2.45) is 5.73 Å². The Kier molecular flexibility index (Phi) is 5.12. The molecule has 0 radical (unpaired) electrons. The summed E-state index contributed by atoms with van der Waals surface area (Å²) in [6, 6.07) is 10.4. The Bertz CT molecular complexity index is 820. The Hall–Kier alpha value is -2.25. The molecule has 0 aliphatic rings. The third-order valence-electron chi connectivity index (χ3n) is 3.05. The molecule has 0 aliphatic heterocycles. The number of hydrogen-bond donors (Lipinski definition) is 2. The first-order valence-electron chi connectivity index (χ1n) is 6.55. The van der Waals surface area contributed by atoms with Crippen molar-refractivity contribution >= 4 is 33.2 Å². The topological polar surface area (TPSA) is 98.5 Å². The number of methoxy groups -OCH3 is 1. The number of benzene rings is 2. The third-order valence-corrected chi connectivity index (χ3v) is 4.68. The van der Waals surface area contributed by atoms with Crippen molar-refractivity contribution < 1.29 is 17.9 Å². The maximum absolute atomic E-state index is 12.4. The smallest absolute Gasteiger partial charge is 0.261 e. The van der Waals surface area contributed by atoms with Gasteiger partial charge in [-0.15, -0.1) is 0 Å². The first kappa shape index (κ1) is 17.1.